The van der Waals surface area contributed by atoms with Crippen LogP contribution in [0.25, 0.3) is 0 Å². The Morgan fingerprint density at radius 3 is 1.46 bits per heavy atom. The first-order chi connectivity index (χ1) is 13.4. The predicted molar refractivity (Wildman–Crippen MR) is 121 cm³/mol. The molecule has 0 amide bonds. The van der Waals surface area contributed by atoms with Gasteiger partial charge in [0.25, 0.3) is 0 Å². The summed E-state index contributed by atoms with van der Waals surface area (Å²) in [5, 5.41) is 3.41. The largest absolute Gasteiger partial charge is 0.523 e. The Morgan fingerprint density at radius 2 is 1.18 bits per heavy atom. The highest BCUT2D eigenvalue weighted by Gasteiger charge is 2.46. The third-order valence-electron chi connectivity index (χ3n) is 4.45. The van der Waals surface area contributed by atoms with Crippen molar-refractivity contribution in [3.05, 3.63) is 30.3 Å². The normalized spacial score (nSPS) is 14.0. The lowest BCUT2D eigenvalue weighted by Gasteiger charge is -2.32. The van der Waals surface area contributed by atoms with Crippen LogP contribution in [0.5, 0.6) is 0 Å². The van der Waals surface area contributed by atoms with Crippen LogP contribution in [0, 0.1) is 0 Å². The molecule has 0 heterocycles. The molecule has 1 rings (SSSR count). The molecule has 1 aromatic rings. The molecule has 10 heteroatoms. The van der Waals surface area contributed by atoms with Gasteiger partial charge in [0.05, 0.1) is 10.5 Å². The van der Waals surface area contributed by atoms with Crippen molar-refractivity contribution in [1.29, 1.82) is 0 Å². The lowest BCUT2D eigenvalue weighted by Crippen LogP contribution is -2.57. The van der Waals surface area contributed by atoms with E-state index in [2.05, 4.69) is 24.9 Å². The standard InChI is InChI=1S/C12H21NO3Si.C6H16O3SSi/c1-5-12(17(14-2,15-3)16-4)13-11-9-7-6-8-10-11;1-5-6(10)11(7-2,8-3)9-4/h6-10,12-13H,5H2,1-4H3;6,10H,5H2,1-4H3. The molecular weight excluding hydrogens is 414 g/mol. The molecule has 7 nitrogen and oxygen atoms in total. The molecule has 0 aliphatic heterocycles. The third-order valence-corrected chi connectivity index (χ3v) is 11.8. The predicted octanol–water partition coefficient (Wildman–Crippen LogP) is 3.41. The van der Waals surface area contributed by atoms with Gasteiger partial charge in [-0.2, -0.15) is 12.6 Å². The lowest BCUT2D eigenvalue weighted by molar-refractivity contribution is 0.115. The fourth-order valence-electron chi connectivity index (χ4n) is 2.76. The molecule has 2 unspecified atom stereocenters. The fraction of sp³-hybridized carbons (Fsp3) is 0.667. The average molecular weight is 452 g/mol. The van der Waals surface area contributed by atoms with Crippen molar-refractivity contribution in [2.45, 2.75) is 37.2 Å². The van der Waals surface area contributed by atoms with Gasteiger partial charge in [0.2, 0.25) is 0 Å². The van der Waals surface area contributed by atoms with Crippen LogP contribution >= 0.6 is 12.6 Å². The molecule has 0 aliphatic carbocycles. The van der Waals surface area contributed by atoms with Gasteiger partial charge in [0.15, 0.2) is 0 Å². The number of benzene rings is 1. The number of nitrogens with one attached hydrogen (secondary N) is 1. The van der Waals surface area contributed by atoms with Crippen molar-refractivity contribution in [2.75, 3.05) is 48.0 Å². The summed E-state index contributed by atoms with van der Waals surface area (Å²) in [5.41, 5.74) is 1.09. The molecule has 0 fully saturated rings. The molecule has 0 saturated heterocycles. The van der Waals surface area contributed by atoms with Crippen molar-refractivity contribution in [1.82, 2.24) is 0 Å². The minimum absolute atomic E-state index is 0.0462. The zero-order valence-electron chi connectivity index (χ0n) is 18.4. The molecule has 0 aliphatic rings. The number of hydrogen-bond acceptors (Lipinski definition) is 8. The highest BCUT2D eigenvalue weighted by Crippen LogP contribution is 2.20. The van der Waals surface area contributed by atoms with Crippen molar-refractivity contribution < 1.29 is 26.6 Å². The molecule has 1 N–H and O–H groups in total. The van der Waals surface area contributed by atoms with E-state index >= 15 is 0 Å². The van der Waals surface area contributed by atoms with E-state index in [-0.39, 0.29) is 10.5 Å². The molecular formula is C18H37NO6SSi2. The van der Waals surface area contributed by atoms with Crippen molar-refractivity contribution in [3.8, 4) is 0 Å². The Bertz CT molecular complexity index is 490. The number of anilines is 1. The fourth-order valence-corrected chi connectivity index (χ4v) is 7.72. The first kappa shape index (κ1) is 27.6. The molecule has 0 radical (unpaired) electrons. The highest BCUT2D eigenvalue weighted by molar-refractivity contribution is 7.83. The van der Waals surface area contributed by atoms with Crippen LogP contribution in [0.15, 0.2) is 30.3 Å². The Hall–Kier alpha value is -0.436. The van der Waals surface area contributed by atoms with Gasteiger partial charge in [0.1, 0.15) is 0 Å². The van der Waals surface area contributed by atoms with Gasteiger partial charge in [-0.25, -0.2) is 0 Å². The molecule has 28 heavy (non-hydrogen) atoms. The summed E-state index contributed by atoms with van der Waals surface area (Å²) in [6.07, 6.45) is 1.75. The summed E-state index contributed by atoms with van der Waals surface area (Å²) in [4.78, 5) is 0.0579. The SMILES string of the molecule is CCC(Nc1ccccc1)[Si](OC)(OC)OC.CCC(S)[Si](OC)(OC)OC. The summed E-state index contributed by atoms with van der Waals surface area (Å²) in [7, 11) is 4.59. The summed E-state index contributed by atoms with van der Waals surface area (Å²) in [6.45, 7) is 4.11. The number of para-hydroxylation sites is 1. The van der Waals surface area contributed by atoms with E-state index in [1.807, 2.05) is 37.3 Å². The van der Waals surface area contributed by atoms with Crippen LogP contribution in [0.2, 0.25) is 0 Å². The second-order valence-electron chi connectivity index (χ2n) is 5.83. The molecule has 2 atom stereocenters. The third kappa shape index (κ3) is 7.43. The van der Waals surface area contributed by atoms with Gasteiger partial charge in [-0.1, -0.05) is 32.0 Å². The maximum atomic E-state index is 5.49. The van der Waals surface area contributed by atoms with Crippen LogP contribution in [0.1, 0.15) is 26.7 Å². The van der Waals surface area contributed by atoms with Crippen LogP contribution in [0.3, 0.4) is 0 Å². The number of hydrogen-bond donors (Lipinski definition) is 2. The Balaban J connectivity index is 0.000000576. The Labute approximate surface area is 178 Å². The van der Waals surface area contributed by atoms with Gasteiger partial charge in [0, 0.05) is 48.3 Å². The summed E-state index contributed by atoms with van der Waals surface area (Å²) >= 11 is 4.34. The Morgan fingerprint density at radius 1 is 0.750 bits per heavy atom. The quantitative estimate of drug-likeness (QED) is 0.373. The number of thiol groups is 1. The molecule has 1 aromatic carbocycles. The molecule has 0 saturated carbocycles. The van der Waals surface area contributed by atoms with E-state index in [9.17, 15) is 0 Å². The van der Waals surface area contributed by atoms with Crippen molar-refractivity contribution in [3.63, 3.8) is 0 Å². The van der Waals surface area contributed by atoms with Crippen molar-refractivity contribution in [2.24, 2.45) is 0 Å². The lowest BCUT2D eigenvalue weighted by atomic mass is 10.3. The second kappa shape index (κ2) is 14.5. The average Bonchev–Trinajstić information content (AvgIpc) is 2.77. The highest BCUT2D eigenvalue weighted by atomic mass is 32.1. The summed E-state index contributed by atoms with van der Waals surface area (Å²) < 4.78 is 32.1. The van der Waals surface area contributed by atoms with E-state index in [1.54, 1.807) is 42.7 Å². The van der Waals surface area contributed by atoms with E-state index in [0.29, 0.717) is 0 Å². The molecule has 0 bridgehead atoms. The maximum Gasteiger partial charge on any atom is 0.523 e. The maximum absolute atomic E-state index is 5.49. The zero-order valence-corrected chi connectivity index (χ0v) is 21.2. The van der Waals surface area contributed by atoms with E-state index in [0.717, 1.165) is 18.5 Å². The minimum atomic E-state index is -2.64. The van der Waals surface area contributed by atoms with Gasteiger partial charge in [-0.05, 0) is 25.0 Å². The topological polar surface area (TPSA) is 67.4 Å². The first-order valence-electron chi connectivity index (χ1n) is 9.19. The van der Waals surface area contributed by atoms with Crippen molar-refractivity contribution >= 4 is 35.9 Å². The minimum Gasteiger partial charge on any atom is -0.378 e. The van der Waals surface area contributed by atoms with E-state index < -0.39 is 17.6 Å². The summed E-state index contributed by atoms with van der Waals surface area (Å²) in [6, 6.07) is 10.0. The Kier molecular flexibility index (Phi) is 14.3. The monoisotopic (exact) mass is 451 g/mol. The van der Waals surface area contributed by atoms with Crippen LogP contribution in [0.4, 0.5) is 5.69 Å². The summed E-state index contributed by atoms with van der Waals surface area (Å²) in [5.74, 6) is 0. The smallest absolute Gasteiger partial charge is 0.378 e. The molecule has 0 aromatic heterocycles. The van der Waals surface area contributed by atoms with Gasteiger partial charge < -0.3 is 31.9 Å². The van der Waals surface area contributed by atoms with E-state index in [4.69, 9.17) is 26.6 Å². The molecule has 0 spiro atoms. The second-order valence-corrected chi connectivity index (χ2v) is 13.2. The zero-order chi connectivity index (χ0) is 21.6. The van der Waals surface area contributed by atoms with Gasteiger partial charge in [-0.3, -0.25) is 0 Å². The van der Waals surface area contributed by atoms with Gasteiger partial charge in [-0.15, -0.1) is 0 Å². The van der Waals surface area contributed by atoms with Crippen LogP contribution < -0.4 is 5.32 Å². The van der Waals surface area contributed by atoms with E-state index in [1.165, 1.54) is 0 Å². The van der Waals surface area contributed by atoms with Crippen LogP contribution in [-0.2, 0) is 26.6 Å². The first-order valence-corrected chi connectivity index (χ1v) is 13.3. The van der Waals surface area contributed by atoms with Gasteiger partial charge >= 0.3 is 17.6 Å². The number of rotatable bonds is 12. The van der Waals surface area contributed by atoms with Crippen LogP contribution in [-0.4, -0.2) is 70.8 Å². The molecule has 164 valence electrons.